The lowest BCUT2D eigenvalue weighted by Gasteiger charge is -2.50. The van der Waals surface area contributed by atoms with Crippen molar-refractivity contribution in [2.24, 2.45) is 62.6 Å². The van der Waals surface area contributed by atoms with Crippen LogP contribution >= 0.6 is 0 Å². The van der Waals surface area contributed by atoms with E-state index < -0.39 is 45.7 Å². The number of rotatable bonds is 12. The molecule has 2 saturated carbocycles. The molecule has 4 fully saturated rings. The Kier molecular flexibility index (Phi) is 22.7. The predicted octanol–water partition coefficient (Wildman–Crippen LogP) is 17.4. The van der Waals surface area contributed by atoms with Crippen molar-refractivity contribution in [3.63, 3.8) is 0 Å². The summed E-state index contributed by atoms with van der Waals surface area (Å²) < 4.78 is 69.3. The molecular weight excluding hydrogens is 1330 g/mol. The van der Waals surface area contributed by atoms with Gasteiger partial charge >= 0.3 is 24.1 Å². The van der Waals surface area contributed by atoms with E-state index in [1.54, 1.807) is 37.3 Å². The Labute approximate surface area is 610 Å². The van der Waals surface area contributed by atoms with E-state index in [-0.39, 0.29) is 124 Å². The van der Waals surface area contributed by atoms with Crippen LogP contribution in [0.5, 0.6) is 11.8 Å². The molecule has 6 heterocycles. The molecule has 4 atom stereocenters. The topological polar surface area (TPSA) is 251 Å². The van der Waals surface area contributed by atoms with Gasteiger partial charge in [-0.1, -0.05) is 177 Å². The van der Waals surface area contributed by atoms with Crippen LogP contribution in [0.4, 0.5) is 26.7 Å². The number of morpholine rings is 2. The first-order chi connectivity index (χ1) is 47.6. The number of hydrogen-bond donors (Lipinski definition) is 3. The van der Waals surface area contributed by atoms with Crippen molar-refractivity contribution < 1.29 is 56.0 Å². The van der Waals surface area contributed by atoms with Crippen LogP contribution in [-0.4, -0.2) is 136 Å². The van der Waals surface area contributed by atoms with Gasteiger partial charge in [-0.25, -0.2) is 56.3 Å². The van der Waals surface area contributed by atoms with E-state index in [1.165, 1.54) is 18.8 Å². The molecule has 4 unspecified atom stereocenters. The first-order valence-corrected chi connectivity index (χ1v) is 37.9. The maximum atomic E-state index is 14.7. The highest BCUT2D eigenvalue weighted by Crippen LogP contribution is 2.53. The van der Waals surface area contributed by atoms with Crippen molar-refractivity contribution in [3.8, 4) is 23.1 Å². The fraction of sp³-hybridized carbons (Fsp3) is 0.646. The van der Waals surface area contributed by atoms with Gasteiger partial charge in [-0.05, 0) is 113 Å². The molecule has 4 aromatic heterocycles. The molecule has 2 aliphatic heterocycles. The van der Waals surface area contributed by atoms with Gasteiger partial charge in [-0.2, -0.15) is 0 Å². The zero-order chi connectivity index (χ0) is 76.2. The van der Waals surface area contributed by atoms with Crippen molar-refractivity contribution >= 4 is 62.5 Å². The van der Waals surface area contributed by atoms with Gasteiger partial charge in [-0.15, -0.1) is 0 Å². The SMILES string of the molecule is [C-]#[N+]c1c(C(=O)OC2C(C(C)(C)C)CC(C)CC2C(C)(C)C)c2nc(-c3cccc(NS(=O)(=O)c4cc(C(C)(C)CC(C)(C)C)ccc4C)c3)[nH]n2c1OC(=O)N1CCOCC1.[C-]#[N+]c1c(C(=O)OC2C(C(C)(C)C)CC(C)CC2C(C)(C)C)c2nc(C(C)(C)C)[nH]n2c1OC(=O)N1CCOCC1. The number of nitrogens with one attached hydrogen (secondary N) is 3. The molecule has 2 aromatic carbocycles. The first kappa shape index (κ1) is 79.2. The average Bonchev–Trinajstić information content (AvgIpc) is 1.62. The van der Waals surface area contributed by atoms with Crippen molar-refractivity contribution in [1.29, 1.82) is 0 Å². The minimum atomic E-state index is -4.04. The Hall–Kier alpha value is -7.93. The molecular formula is C79H113N11O12S. The standard InChI is InChI=1S/C48H66N6O7S.C31H47N5O5/c1-29-24-34(46(6,7)8)39(35(25-29)47(9,10)11)60-43(55)37-38(49-14)42(61-44(56)53-20-22-59-23-21-53)54-41(37)50-40(51-54)31-16-15-17-33(26-31)52-62(57,58)36-27-32(19-18-30(36)2)48(12,13)28-45(3,4)5;1-18-16-19(29(2,3)4)23(20(17-18)30(5,6)7)40-26(37)21-22(32-11)25(41-28(38)35-12-14-39-15-13-35)36-24(21)33-27(34-36)31(8,9)10/h15-19,26-27,29,34-35,39,52H,20-25,28H2,1-13H3,(H,50,51);18-20,23H,12-17H2,1-10H3,(H,33,34). The van der Waals surface area contributed by atoms with E-state index in [2.05, 4.69) is 156 Å². The molecule has 2 saturated heterocycles. The van der Waals surface area contributed by atoms with Crippen LogP contribution < -0.4 is 14.2 Å². The van der Waals surface area contributed by atoms with Gasteiger partial charge in [-0.3, -0.25) is 14.9 Å². The molecule has 10 rings (SSSR count). The Bertz CT molecular complexity index is 4270. The summed E-state index contributed by atoms with van der Waals surface area (Å²) in [5.74, 6) is 0.513. The largest absolute Gasteiger partial charge is 0.459 e. The number of anilines is 1. The fourth-order valence-electron chi connectivity index (χ4n) is 15.7. The Morgan fingerprint density at radius 1 is 0.592 bits per heavy atom. The highest BCUT2D eigenvalue weighted by Gasteiger charge is 2.51. The monoisotopic (exact) mass is 1440 g/mol. The molecule has 562 valence electrons. The van der Waals surface area contributed by atoms with Gasteiger partial charge < -0.3 is 38.2 Å². The number of carbonyl (C=O) groups excluding carboxylic acids is 4. The number of nitrogens with zero attached hydrogens (tertiary/aromatic N) is 8. The van der Waals surface area contributed by atoms with E-state index in [0.717, 1.165) is 37.7 Å². The lowest BCUT2D eigenvalue weighted by Crippen LogP contribution is -2.49. The number of sulfonamides is 1. The van der Waals surface area contributed by atoms with E-state index in [0.29, 0.717) is 81.4 Å². The van der Waals surface area contributed by atoms with Crippen LogP contribution in [0, 0.1) is 82.7 Å². The summed E-state index contributed by atoms with van der Waals surface area (Å²) in [5.41, 5.74) is 1.01. The summed E-state index contributed by atoms with van der Waals surface area (Å²) in [4.78, 5) is 75.8. The number of hydrogen-bond acceptors (Lipinski definition) is 14. The molecule has 103 heavy (non-hydrogen) atoms. The first-order valence-electron chi connectivity index (χ1n) is 36.4. The minimum Gasteiger partial charge on any atom is -0.459 e. The number of H-pyrrole nitrogens is 2. The number of aromatic amines is 2. The third kappa shape index (κ3) is 17.7. The highest BCUT2D eigenvalue weighted by molar-refractivity contribution is 7.92. The maximum Gasteiger partial charge on any atom is 0.415 e. The summed E-state index contributed by atoms with van der Waals surface area (Å²) in [6.45, 7) is 68.4. The average molecular weight is 1440 g/mol. The molecule has 3 N–H and O–H groups in total. The second kappa shape index (κ2) is 29.5. The maximum absolute atomic E-state index is 14.7. The lowest BCUT2D eigenvalue weighted by molar-refractivity contribution is -0.0927. The third-order valence-corrected chi connectivity index (χ3v) is 22.6. The quantitative estimate of drug-likeness (QED) is 0.0761. The van der Waals surface area contributed by atoms with Gasteiger partial charge in [0.2, 0.25) is 11.8 Å². The van der Waals surface area contributed by atoms with Crippen molar-refractivity contribution in [1.82, 2.24) is 39.0 Å². The van der Waals surface area contributed by atoms with Gasteiger partial charge in [0.15, 0.2) is 17.1 Å². The number of ether oxygens (including phenoxy) is 6. The van der Waals surface area contributed by atoms with Crippen molar-refractivity contribution in [2.45, 2.75) is 219 Å². The van der Waals surface area contributed by atoms with Crippen LogP contribution in [0.15, 0.2) is 47.4 Å². The van der Waals surface area contributed by atoms with E-state index in [1.807, 2.05) is 32.9 Å². The lowest BCUT2D eigenvalue weighted by atomic mass is 9.59. The molecule has 6 aromatic rings. The Morgan fingerprint density at radius 3 is 1.41 bits per heavy atom. The number of esters is 2. The molecule has 23 nitrogen and oxygen atoms in total. The summed E-state index contributed by atoms with van der Waals surface area (Å²) in [5, 5.41) is 6.32. The molecule has 0 spiro atoms. The summed E-state index contributed by atoms with van der Waals surface area (Å²) in [7, 11) is -4.04. The van der Waals surface area contributed by atoms with Crippen LogP contribution in [0.1, 0.15) is 222 Å². The van der Waals surface area contributed by atoms with E-state index in [4.69, 9.17) is 51.5 Å². The Balaban J connectivity index is 0.000000260. The molecule has 24 heteroatoms. The van der Waals surface area contributed by atoms with Crippen molar-refractivity contribution in [2.75, 3.05) is 57.3 Å². The third-order valence-electron chi connectivity index (χ3n) is 21.0. The second-order valence-corrected chi connectivity index (χ2v) is 38.2. The van der Waals surface area contributed by atoms with Crippen LogP contribution in [0.2, 0.25) is 0 Å². The van der Waals surface area contributed by atoms with Gasteiger partial charge in [0.1, 0.15) is 29.2 Å². The number of benzene rings is 2. The Morgan fingerprint density at radius 2 is 1.01 bits per heavy atom. The van der Waals surface area contributed by atoms with Gasteiger partial charge in [0.25, 0.3) is 21.4 Å². The summed E-state index contributed by atoms with van der Waals surface area (Å²) in [6, 6.07) is 12.3. The fourth-order valence-corrected chi connectivity index (χ4v) is 17.1. The van der Waals surface area contributed by atoms with Crippen LogP contribution in [0.25, 0.3) is 32.4 Å². The minimum absolute atomic E-state index is 0.0236. The summed E-state index contributed by atoms with van der Waals surface area (Å²) >= 11 is 0. The number of aryl methyl sites for hydroxylation is 1. The number of aromatic nitrogens is 6. The molecule has 4 aliphatic rings. The van der Waals surface area contributed by atoms with Crippen LogP contribution in [0.3, 0.4) is 0 Å². The number of amides is 2. The molecule has 0 bridgehead atoms. The van der Waals surface area contributed by atoms with Crippen molar-refractivity contribution in [3.05, 3.63) is 93.4 Å². The number of carbonyl (C=O) groups is 4. The molecule has 0 radical (unpaired) electrons. The number of fused-ring (bicyclic) bond motifs is 2. The summed E-state index contributed by atoms with van der Waals surface area (Å²) in [6.07, 6.45) is 2.42. The van der Waals surface area contributed by atoms with Gasteiger partial charge in [0, 0.05) is 66.5 Å². The smallest absolute Gasteiger partial charge is 0.415 e. The molecule has 2 aliphatic carbocycles. The van der Waals surface area contributed by atoms with Crippen LogP contribution in [-0.2, 0) is 39.8 Å². The normalized spacial score (nSPS) is 22.0. The zero-order valence-electron chi connectivity index (χ0n) is 65.2. The van der Waals surface area contributed by atoms with Gasteiger partial charge in [0.05, 0.1) is 44.5 Å². The van der Waals surface area contributed by atoms with E-state index in [9.17, 15) is 27.6 Å². The highest BCUT2D eigenvalue weighted by atomic mass is 32.2. The van der Waals surface area contributed by atoms with E-state index >= 15 is 0 Å². The molecule has 2 amide bonds. The second-order valence-electron chi connectivity index (χ2n) is 36.5. The zero-order valence-corrected chi connectivity index (χ0v) is 66.1. The predicted molar refractivity (Wildman–Crippen MR) is 399 cm³/mol.